The molecule has 3 atom stereocenters. The van der Waals surface area contributed by atoms with Gasteiger partial charge in [-0.05, 0) is 62.3 Å². The molecule has 13 heavy (non-hydrogen) atoms. The normalized spacial score (nSPS) is 44.5. The molecule has 3 aliphatic rings. The molecule has 0 aromatic carbocycles. The van der Waals surface area contributed by atoms with Crippen LogP contribution < -0.4 is 5.32 Å². The smallest absolute Gasteiger partial charge is 0.0124 e. The second-order valence-corrected chi connectivity index (χ2v) is 5.41. The van der Waals surface area contributed by atoms with Gasteiger partial charge >= 0.3 is 0 Å². The van der Waals surface area contributed by atoms with Crippen LogP contribution in [0.2, 0.25) is 0 Å². The van der Waals surface area contributed by atoms with Crippen LogP contribution in [0.5, 0.6) is 0 Å². The largest absolute Gasteiger partial charge is 0.314 e. The van der Waals surface area contributed by atoms with E-state index < -0.39 is 0 Å². The van der Waals surface area contributed by atoms with Crippen LogP contribution in [0.15, 0.2) is 0 Å². The lowest BCUT2D eigenvalue weighted by molar-refractivity contribution is 0.309. The summed E-state index contributed by atoms with van der Waals surface area (Å²) in [4.78, 5) is 0. The minimum absolute atomic E-state index is 0.901. The van der Waals surface area contributed by atoms with Gasteiger partial charge < -0.3 is 5.32 Å². The lowest BCUT2D eigenvalue weighted by Crippen LogP contribution is -2.37. The third-order valence-electron chi connectivity index (χ3n) is 4.36. The fraction of sp³-hybridized carbons (Fsp3) is 1.00. The highest BCUT2D eigenvalue weighted by molar-refractivity contribution is 5.02. The molecule has 0 aliphatic heterocycles. The Balaban J connectivity index is 1.59. The number of rotatable bonds is 4. The average Bonchev–Trinajstić information content (AvgIpc) is 3.03. The van der Waals surface area contributed by atoms with Crippen LogP contribution >= 0.6 is 0 Å². The maximum absolute atomic E-state index is 3.73. The lowest BCUT2D eigenvalue weighted by Gasteiger charge is -2.25. The van der Waals surface area contributed by atoms with Crippen LogP contribution in [-0.4, -0.2) is 12.6 Å². The summed E-state index contributed by atoms with van der Waals surface area (Å²) in [5, 5.41) is 3.73. The highest BCUT2D eigenvalue weighted by atomic mass is 14.9. The van der Waals surface area contributed by atoms with Crippen molar-refractivity contribution >= 4 is 0 Å². The third-order valence-corrected chi connectivity index (χ3v) is 4.36. The third kappa shape index (κ3) is 1.52. The number of nitrogens with one attached hydrogen (secondary N) is 1. The molecular formula is C12H21N. The van der Waals surface area contributed by atoms with Gasteiger partial charge in [0.2, 0.25) is 0 Å². The molecule has 0 bridgehead atoms. The Hall–Kier alpha value is -0.0400. The van der Waals surface area contributed by atoms with E-state index in [1.165, 1.54) is 19.4 Å². The summed E-state index contributed by atoms with van der Waals surface area (Å²) in [6, 6.07) is 0.901. The first kappa shape index (κ1) is 8.28. The van der Waals surface area contributed by atoms with Gasteiger partial charge in [-0.3, -0.25) is 0 Å². The van der Waals surface area contributed by atoms with Gasteiger partial charge in [0, 0.05) is 6.04 Å². The molecule has 3 saturated carbocycles. The number of fused-ring (bicyclic) bond motifs is 1. The highest BCUT2D eigenvalue weighted by Gasteiger charge is 2.50. The van der Waals surface area contributed by atoms with Gasteiger partial charge in [0.1, 0.15) is 0 Å². The summed E-state index contributed by atoms with van der Waals surface area (Å²) in [6.45, 7) is 3.43. The molecule has 0 spiro atoms. The van der Waals surface area contributed by atoms with E-state index in [1.807, 2.05) is 0 Å². The Labute approximate surface area is 81.3 Å². The van der Waals surface area contributed by atoms with E-state index in [-0.39, 0.29) is 0 Å². The zero-order valence-corrected chi connectivity index (χ0v) is 8.63. The van der Waals surface area contributed by atoms with Crippen molar-refractivity contribution in [3.8, 4) is 0 Å². The molecule has 0 saturated heterocycles. The van der Waals surface area contributed by atoms with Gasteiger partial charge in [-0.15, -0.1) is 0 Å². The summed E-state index contributed by atoms with van der Waals surface area (Å²) in [7, 11) is 0. The zero-order chi connectivity index (χ0) is 8.84. The van der Waals surface area contributed by atoms with Crippen molar-refractivity contribution in [3.63, 3.8) is 0 Å². The van der Waals surface area contributed by atoms with Gasteiger partial charge in [-0.25, -0.2) is 0 Å². The minimum Gasteiger partial charge on any atom is -0.314 e. The minimum atomic E-state index is 0.901. The van der Waals surface area contributed by atoms with Gasteiger partial charge in [0.25, 0.3) is 0 Å². The Morgan fingerprint density at radius 2 is 1.77 bits per heavy atom. The monoisotopic (exact) mass is 179 g/mol. The summed E-state index contributed by atoms with van der Waals surface area (Å²) < 4.78 is 0. The molecule has 3 fully saturated rings. The van der Waals surface area contributed by atoms with Gasteiger partial charge in [0.05, 0.1) is 0 Å². The molecule has 0 amide bonds. The average molecular weight is 179 g/mol. The maximum Gasteiger partial charge on any atom is 0.0124 e. The van der Waals surface area contributed by atoms with Gasteiger partial charge in [-0.2, -0.15) is 0 Å². The van der Waals surface area contributed by atoms with E-state index in [4.69, 9.17) is 0 Å². The standard InChI is InChI=1S/C12H21N/c1-2-13-12(8-3-4-8)11-6-9-5-10(9)7-11/h8-13H,2-7H2,1H3. The van der Waals surface area contributed by atoms with Crippen molar-refractivity contribution in [2.75, 3.05) is 6.54 Å². The Morgan fingerprint density at radius 3 is 2.31 bits per heavy atom. The molecule has 1 N–H and O–H groups in total. The van der Waals surface area contributed by atoms with Crippen molar-refractivity contribution in [2.24, 2.45) is 23.7 Å². The van der Waals surface area contributed by atoms with Gasteiger partial charge in [0.15, 0.2) is 0 Å². The topological polar surface area (TPSA) is 12.0 Å². The molecule has 3 rings (SSSR count). The van der Waals surface area contributed by atoms with E-state index in [9.17, 15) is 0 Å². The van der Waals surface area contributed by atoms with E-state index in [0.29, 0.717) is 0 Å². The van der Waals surface area contributed by atoms with Crippen LogP contribution in [0, 0.1) is 23.7 Å². The van der Waals surface area contributed by atoms with Crippen molar-refractivity contribution < 1.29 is 0 Å². The van der Waals surface area contributed by atoms with Crippen molar-refractivity contribution in [2.45, 2.75) is 45.1 Å². The predicted octanol–water partition coefficient (Wildman–Crippen LogP) is 2.42. The second-order valence-electron chi connectivity index (χ2n) is 5.41. The lowest BCUT2D eigenvalue weighted by atomic mass is 9.91. The number of hydrogen-bond acceptors (Lipinski definition) is 1. The van der Waals surface area contributed by atoms with E-state index in [2.05, 4.69) is 12.2 Å². The van der Waals surface area contributed by atoms with E-state index in [1.54, 1.807) is 19.3 Å². The van der Waals surface area contributed by atoms with Crippen LogP contribution in [0.1, 0.15) is 39.0 Å². The summed E-state index contributed by atoms with van der Waals surface area (Å²) in [5.41, 5.74) is 0. The van der Waals surface area contributed by atoms with Crippen LogP contribution in [0.4, 0.5) is 0 Å². The van der Waals surface area contributed by atoms with Gasteiger partial charge in [-0.1, -0.05) is 6.92 Å². The summed E-state index contributed by atoms with van der Waals surface area (Å²) in [6.07, 6.45) is 7.69. The molecular weight excluding hydrogens is 158 g/mol. The molecule has 0 aromatic heterocycles. The van der Waals surface area contributed by atoms with E-state index >= 15 is 0 Å². The van der Waals surface area contributed by atoms with Crippen LogP contribution in [-0.2, 0) is 0 Å². The Kier molecular flexibility index (Phi) is 1.90. The number of hydrogen-bond donors (Lipinski definition) is 1. The Bertz CT molecular complexity index is 187. The molecule has 3 unspecified atom stereocenters. The fourth-order valence-electron chi connectivity index (χ4n) is 3.46. The van der Waals surface area contributed by atoms with E-state index in [0.717, 1.165) is 29.7 Å². The van der Waals surface area contributed by atoms with Crippen molar-refractivity contribution in [1.82, 2.24) is 5.32 Å². The highest BCUT2D eigenvalue weighted by Crippen LogP contribution is 2.57. The first-order valence-corrected chi connectivity index (χ1v) is 6.12. The summed E-state index contributed by atoms with van der Waals surface area (Å²) in [5.74, 6) is 4.42. The van der Waals surface area contributed by atoms with Crippen LogP contribution in [0.3, 0.4) is 0 Å². The zero-order valence-electron chi connectivity index (χ0n) is 8.63. The van der Waals surface area contributed by atoms with Crippen LogP contribution in [0.25, 0.3) is 0 Å². The molecule has 0 aromatic rings. The fourth-order valence-corrected chi connectivity index (χ4v) is 3.46. The van der Waals surface area contributed by atoms with Crippen molar-refractivity contribution in [1.29, 1.82) is 0 Å². The SMILES string of the molecule is CCNC(C1CC1)C1CC2CC2C1. The Morgan fingerprint density at radius 1 is 1.08 bits per heavy atom. The molecule has 3 aliphatic carbocycles. The maximum atomic E-state index is 3.73. The molecule has 1 nitrogen and oxygen atoms in total. The molecule has 74 valence electrons. The first-order valence-electron chi connectivity index (χ1n) is 6.12. The van der Waals surface area contributed by atoms with Crippen molar-refractivity contribution in [3.05, 3.63) is 0 Å². The second kappa shape index (κ2) is 2.98. The predicted molar refractivity (Wildman–Crippen MR) is 54.5 cm³/mol. The molecule has 0 radical (unpaired) electrons. The molecule has 1 heteroatoms. The quantitative estimate of drug-likeness (QED) is 0.699. The summed E-state index contributed by atoms with van der Waals surface area (Å²) >= 11 is 0. The first-order chi connectivity index (χ1) is 6.38. The molecule has 0 heterocycles.